The van der Waals surface area contributed by atoms with Crippen LogP contribution in [0.1, 0.15) is 25.1 Å². The van der Waals surface area contributed by atoms with E-state index in [1.54, 1.807) is 20.2 Å². The van der Waals surface area contributed by atoms with Gasteiger partial charge in [-0.1, -0.05) is 68.0 Å². The Bertz CT molecular complexity index is 1020. The molecule has 3 aliphatic rings. The van der Waals surface area contributed by atoms with Gasteiger partial charge in [0.15, 0.2) is 0 Å². The Hall–Kier alpha value is 0.777. The number of hydrogen-bond donors (Lipinski definition) is 0. The zero-order valence-electron chi connectivity index (χ0n) is 18.6. The third-order valence-corrected chi connectivity index (χ3v) is 10.7. The van der Waals surface area contributed by atoms with Gasteiger partial charge < -0.3 is 0 Å². The third-order valence-electron chi connectivity index (χ3n) is 4.95. The zero-order chi connectivity index (χ0) is 19.2. The molecule has 4 rings (SSSR count). The summed E-state index contributed by atoms with van der Waals surface area (Å²) in [5, 5.41) is 3.23. The summed E-state index contributed by atoms with van der Waals surface area (Å²) in [4.78, 5) is 6.14. The molecule has 0 aromatic carbocycles. The molecule has 1 radical (unpaired) electrons. The predicted octanol–water partition coefficient (Wildman–Crippen LogP) is 5.38. The summed E-state index contributed by atoms with van der Waals surface area (Å²) in [6.45, 7) is 18.8. The fraction of sp³-hybridized carbons (Fsp3) is 0.409. The van der Waals surface area contributed by atoms with Gasteiger partial charge in [0.05, 0.1) is 8.07 Å². The molecule has 1 aromatic heterocycles. The van der Waals surface area contributed by atoms with E-state index in [9.17, 15) is 0 Å². The van der Waals surface area contributed by atoms with E-state index in [1.807, 2.05) is 11.3 Å². The molecule has 7 heteroatoms. The van der Waals surface area contributed by atoms with Gasteiger partial charge in [0.2, 0.25) is 0 Å². The molecule has 0 saturated heterocycles. The maximum atomic E-state index is 3.84. The first-order chi connectivity index (χ1) is 12.2. The molecule has 2 aliphatic carbocycles. The van der Waals surface area contributed by atoms with Crippen LogP contribution in [-0.4, -0.2) is 22.5 Å². The average Bonchev–Trinajstić information content (AvgIpc) is 3.25. The van der Waals surface area contributed by atoms with Crippen molar-refractivity contribution in [1.29, 1.82) is 0 Å². The minimum Gasteiger partial charge on any atom is -0.170 e. The van der Waals surface area contributed by atoms with Crippen LogP contribution in [-0.2, 0) is 26.2 Å². The third kappa shape index (κ3) is 5.41. The molecule has 0 N–H and O–H groups in total. The molecule has 1 unspecified atom stereocenters. The molecule has 159 valence electrons. The largest absolute Gasteiger partial charge is 0.170 e. The minimum absolute atomic E-state index is 0. The molecular weight excluding hydrogens is 547 g/mol. The topological polar surface area (TPSA) is 0 Å². The maximum absolute atomic E-state index is 3.84. The molecule has 0 amide bonds. The second kappa shape index (κ2) is 11.6. The molecule has 0 saturated carbocycles. The molecule has 1 aliphatic heterocycles. The Balaban J connectivity index is 0.00000123. The Morgan fingerprint density at radius 3 is 2.17 bits per heavy atom. The zero-order valence-corrected chi connectivity index (χ0v) is 26.5. The fourth-order valence-electron chi connectivity index (χ4n) is 3.95. The summed E-state index contributed by atoms with van der Waals surface area (Å²) in [5.41, 5.74) is 3.05. The van der Waals surface area contributed by atoms with Crippen molar-refractivity contribution >= 4 is 85.9 Å². The van der Waals surface area contributed by atoms with Gasteiger partial charge in [0, 0.05) is 35.7 Å². The minimum atomic E-state index is -1.36. The van der Waals surface area contributed by atoms with E-state index < -0.39 is 8.07 Å². The van der Waals surface area contributed by atoms with Crippen LogP contribution in [0.5, 0.6) is 0 Å². The molecule has 29 heavy (non-hydrogen) atoms. The van der Waals surface area contributed by atoms with Gasteiger partial charge in [0.25, 0.3) is 0 Å². The number of allylic oxidation sites excluding steroid dienone is 6. The van der Waals surface area contributed by atoms with E-state index in [4.69, 9.17) is 0 Å². The monoisotopic (exact) mass is 576 g/mol. The second-order valence-corrected chi connectivity index (χ2v) is 17.7. The van der Waals surface area contributed by atoms with Crippen LogP contribution in [0.3, 0.4) is 0 Å². The summed E-state index contributed by atoms with van der Waals surface area (Å²) < 4.78 is 1.40. The van der Waals surface area contributed by atoms with Crippen molar-refractivity contribution < 1.29 is 26.2 Å². The number of halogens is 2. The summed E-state index contributed by atoms with van der Waals surface area (Å²) in [6, 6.07) is 0. The molecule has 0 nitrogen and oxygen atoms in total. The normalized spacial score (nSPS) is 18.6. The molecule has 1 atom stereocenters. The van der Waals surface area contributed by atoms with E-state index in [0.717, 1.165) is 15.9 Å². The Kier molecular flexibility index (Phi) is 11.9. The summed E-state index contributed by atoms with van der Waals surface area (Å²) >= 11 is 1.96. The first-order valence-corrected chi connectivity index (χ1v) is 17.2. The van der Waals surface area contributed by atoms with Crippen LogP contribution < -0.4 is 14.9 Å². The number of rotatable bonds is 2. The molecular formula is C22H32Cl2S2Si2Zr-. The van der Waals surface area contributed by atoms with Crippen molar-refractivity contribution in [3.8, 4) is 0 Å². The standard InChI is InChI=1S/C20H23S2Si.C2H7Si.2ClH.Zr/c1-12-14(3)22(15-9-7-8-10-15)17-11-16-19(18(12)17)20(13(2)21-16)23(4,5)6;1-3-2;;;/h7-9H,10H2,1-6H3;3H,1-2H3;2*1H;/q-1;;;;. The van der Waals surface area contributed by atoms with Crippen molar-refractivity contribution in [2.75, 3.05) is 0 Å². The quantitative estimate of drug-likeness (QED) is 0.251. The summed E-state index contributed by atoms with van der Waals surface area (Å²) in [5.74, 6) is 0. The van der Waals surface area contributed by atoms with Gasteiger partial charge in [-0.2, -0.15) is 38.7 Å². The van der Waals surface area contributed by atoms with Crippen LogP contribution in [0.2, 0.25) is 32.7 Å². The fourth-order valence-corrected chi connectivity index (χ4v) is 10.7. The molecule has 0 fully saturated rings. The number of fused-ring (bicyclic) bond motifs is 2. The average molecular weight is 579 g/mol. The van der Waals surface area contributed by atoms with E-state index >= 15 is 0 Å². The van der Waals surface area contributed by atoms with Crippen LogP contribution in [0.15, 0.2) is 33.6 Å². The van der Waals surface area contributed by atoms with Gasteiger partial charge in [-0.15, -0.1) is 34.9 Å². The Morgan fingerprint density at radius 2 is 1.69 bits per heavy atom. The Morgan fingerprint density at radius 1 is 1.10 bits per heavy atom. The van der Waals surface area contributed by atoms with E-state index in [1.165, 1.54) is 25.4 Å². The van der Waals surface area contributed by atoms with Gasteiger partial charge in [-0.3, -0.25) is 0 Å². The second-order valence-electron chi connectivity index (χ2n) is 8.15. The first kappa shape index (κ1) is 29.8. The van der Waals surface area contributed by atoms with Gasteiger partial charge >= 0.3 is 0 Å². The first-order valence-electron chi connectivity index (χ1n) is 9.39. The van der Waals surface area contributed by atoms with Crippen molar-refractivity contribution in [3.63, 3.8) is 0 Å². The number of hydrogen-bond acceptors (Lipinski definition) is 1. The van der Waals surface area contributed by atoms with Gasteiger partial charge in [-0.25, -0.2) is 0 Å². The van der Waals surface area contributed by atoms with E-state index in [2.05, 4.69) is 77.8 Å². The molecule has 0 bridgehead atoms. The van der Waals surface area contributed by atoms with Crippen LogP contribution in [0, 0.1) is 6.92 Å². The predicted molar refractivity (Wildman–Crippen MR) is 144 cm³/mol. The van der Waals surface area contributed by atoms with Gasteiger partial charge in [-0.05, 0) is 35.0 Å². The van der Waals surface area contributed by atoms with Gasteiger partial charge in [0.1, 0.15) is 0 Å². The van der Waals surface area contributed by atoms with Crippen molar-refractivity contribution in [3.05, 3.63) is 48.2 Å². The number of thiophene rings is 1. The van der Waals surface area contributed by atoms with E-state index in [-0.39, 0.29) is 61.5 Å². The van der Waals surface area contributed by atoms with Crippen LogP contribution in [0.4, 0.5) is 0 Å². The number of aryl methyl sites for hydroxylation is 1. The van der Waals surface area contributed by atoms with Crippen molar-refractivity contribution in [1.82, 2.24) is 0 Å². The SMILES string of the molecule is CC1=C(C)S(C2=CC=CC2)=C2[C-]=c3sc(C)c([Si](C)(C)C)c3=C12.C[SiH]C.Cl.Cl.[Zr]. The van der Waals surface area contributed by atoms with Crippen LogP contribution >= 0.6 is 46.6 Å². The molecule has 2 heterocycles. The summed E-state index contributed by atoms with van der Waals surface area (Å²) in [7, 11) is -0.468. The van der Waals surface area contributed by atoms with Crippen LogP contribution in [0.25, 0.3) is 11.6 Å². The molecule has 1 aromatic rings. The maximum Gasteiger partial charge on any atom is 0.0641 e. The smallest absolute Gasteiger partial charge is 0.0641 e. The van der Waals surface area contributed by atoms with E-state index in [0.29, 0.717) is 0 Å². The van der Waals surface area contributed by atoms with Crippen molar-refractivity contribution in [2.45, 2.75) is 59.9 Å². The van der Waals surface area contributed by atoms with Crippen molar-refractivity contribution in [2.24, 2.45) is 0 Å². The summed E-state index contributed by atoms with van der Waals surface area (Å²) in [6.07, 6.45) is 11.8. The molecule has 0 spiro atoms. The Labute approximate surface area is 218 Å².